The monoisotopic (exact) mass is 392 g/mol. The minimum Gasteiger partial charge on any atom is -0.324 e. The second-order valence-corrected chi connectivity index (χ2v) is 7.17. The van der Waals surface area contributed by atoms with Crippen LogP contribution in [-0.2, 0) is 6.54 Å². The lowest BCUT2D eigenvalue weighted by Crippen LogP contribution is -2.09. The van der Waals surface area contributed by atoms with Crippen LogP contribution in [0, 0.1) is 10.1 Å². The van der Waals surface area contributed by atoms with Crippen molar-refractivity contribution in [2.75, 3.05) is 5.32 Å². The van der Waals surface area contributed by atoms with Gasteiger partial charge in [0.25, 0.3) is 11.6 Å². The highest BCUT2D eigenvalue weighted by atomic mass is 32.1. The average Bonchev–Trinajstić information content (AvgIpc) is 3.33. The zero-order valence-electron chi connectivity index (χ0n) is 15.0. The van der Waals surface area contributed by atoms with E-state index in [0.29, 0.717) is 10.6 Å². The predicted octanol–water partition coefficient (Wildman–Crippen LogP) is 4.95. The van der Waals surface area contributed by atoms with Gasteiger partial charge >= 0.3 is 0 Å². The van der Waals surface area contributed by atoms with Crippen molar-refractivity contribution in [3.8, 4) is 10.7 Å². The summed E-state index contributed by atoms with van der Waals surface area (Å²) >= 11 is 1.36. The van der Waals surface area contributed by atoms with E-state index < -0.39 is 4.92 Å². The van der Waals surface area contributed by atoms with Crippen molar-refractivity contribution in [3.63, 3.8) is 0 Å². The summed E-state index contributed by atoms with van der Waals surface area (Å²) in [6.45, 7) is 2.84. The minimum atomic E-state index is -0.475. The standard InChI is InChI=1S/C20H16N4O3S/c1-2-23-16-6-4-3-5-15(16)22-19(23)17-11-12-18(28-17)20(25)21-13-7-9-14(10-8-13)24(26)27/h3-12H,2H2,1H3,(H,21,25). The Morgan fingerprint density at radius 3 is 2.61 bits per heavy atom. The molecule has 0 saturated carbocycles. The molecule has 2 aromatic heterocycles. The number of non-ortho nitro benzene ring substituents is 1. The molecule has 0 bridgehead atoms. The van der Waals surface area contributed by atoms with Gasteiger partial charge in [0.15, 0.2) is 5.82 Å². The van der Waals surface area contributed by atoms with Crippen LogP contribution in [0.15, 0.2) is 60.7 Å². The summed E-state index contributed by atoms with van der Waals surface area (Å²) in [6.07, 6.45) is 0. The van der Waals surface area contributed by atoms with Crippen LogP contribution in [0.1, 0.15) is 16.6 Å². The second-order valence-electron chi connectivity index (χ2n) is 6.09. The number of hydrogen-bond donors (Lipinski definition) is 1. The van der Waals surface area contributed by atoms with Crippen LogP contribution < -0.4 is 5.32 Å². The van der Waals surface area contributed by atoms with E-state index in [1.54, 1.807) is 6.07 Å². The van der Waals surface area contributed by atoms with E-state index in [1.807, 2.05) is 30.3 Å². The molecular weight excluding hydrogens is 376 g/mol. The van der Waals surface area contributed by atoms with Gasteiger partial charge in [0.2, 0.25) is 0 Å². The van der Waals surface area contributed by atoms with E-state index in [0.717, 1.165) is 28.3 Å². The number of anilines is 1. The number of benzene rings is 2. The number of imidazole rings is 1. The fraction of sp³-hybridized carbons (Fsp3) is 0.100. The lowest BCUT2D eigenvalue weighted by molar-refractivity contribution is -0.384. The molecule has 28 heavy (non-hydrogen) atoms. The van der Waals surface area contributed by atoms with E-state index in [9.17, 15) is 14.9 Å². The maximum atomic E-state index is 12.5. The van der Waals surface area contributed by atoms with Crippen LogP contribution in [-0.4, -0.2) is 20.4 Å². The van der Waals surface area contributed by atoms with Gasteiger partial charge in [0.05, 0.1) is 25.7 Å². The molecule has 2 heterocycles. The summed E-state index contributed by atoms with van der Waals surface area (Å²) in [5.74, 6) is 0.576. The van der Waals surface area contributed by atoms with Crippen molar-refractivity contribution in [2.24, 2.45) is 0 Å². The number of carbonyl (C=O) groups is 1. The molecule has 4 aromatic rings. The first-order valence-electron chi connectivity index (χ1n) is 8.68. The molecule has 0 aliphatic heterocycles. The highest BCUT2D eigenvalue weighted by Crippen LogP contribution is 2.31. The Bertz CT molecular complexity index is 1180. The highest BCUT2D eigenvalue weighted by Gasteiger charge is 2.16. The molecule has 0 aliphatic carbocycles. The highest BCUT2D eigenvalue weighted by molar-refractivity contribution is 7.17. The Morgan fingerprint density at radius 2 is 1.89 bits per heavy atom. The molecule has 1 amide bonds. The number of rotatable bonds is 5. The lowest BCUT2D eigenvalue weighted by atomic mass is 10.3. The smallest absolute Gasteiger partial charge is 0.269 e. The van der Waals surface area contributed by atoms with Crippen LogP contribution in [0.2, 0.25) is 0 Å². The number of nitrogens with zero attached hydrogens (tertiary/aromatic N) is 3. The number of aromatic nitrogens is 2. The van der Waals surface area contributed by atoms with Gasteiger partial charge in [-0.25, -0.2) is 4.98 Å². The predicted molar refractivity (Wildman–Crippen MR) is 110 cm³/mol. The topological polar surface area (TPSA) is 90.1 Å². The van der Waals surface area contributed by atoms with E-state index in [-0.39, 0.29) is 11.6 Å². The van der Waals surface area contributed by atoms with Gasteiger partial charge in [-0.15, -0.1) is 11.3 Å². The molecule has 0 aliphatic rings. The fourth-order valence-electron chi connectivity index (χ4n) is 3.02. The molecule has 8 heteroatoms. The zero-order valence-corrected chi connectivity index (χ0v) is 15.8. The van der Waals surface area contributed by atoms with Gasteiger partial charge in [0.1, 0.15) is 0 Å². The van der Waals surface area contributed by atoms with E-state index in [4.69, 9.17) is 4.98 Å². The first-order valence-corrected chi connectivity index (χ1v) is 9.49. The maximum Gasteiger partial charge on any atom is 0.269 e. The number of nitro benzene ring substituents is 1. The number of aryl methyl sites for hydroxylation is 1. The SMILES string of the molecule is CCn1c(-c2ccc(C(=O)Nc3ccc([N+](=O)[O-])cc3)s2)nc2ccccc21. The normalized spacial score (nSPS) is 10.9. The Kier molecular flexibility index (Phi) is 4.62. The molecule has 0 fully saturated rings. The molecule has 0 spiro atoms. The molecule has 2 aromatic carbocycles. The van der Waals surface area contributed by atoms with Crippen molar-refractivity contribution < 1.29 is 9.72 Å². The van der Waals surface area contributed by atoms with Crippen molar-refractivity contribution in [1.82, 2.24) is 9.55 Å². The van der Waals surface area contributed by atoms with Crippen LogP contribution in [0.25, 0.3) is 21.7 Å². The van der Waals surface area contributed by atoms with Crippen molar-refractivity contribution in [2.45, 2.75) is 13.5 Å². The van der Waals surface area contributed by atoms with Gasteiger partial charge in [-0.05, 0) is 43.3 Å². The van der Waals surface area contributed by atoms with Crippen LogP contribution in [0.4, 0.5) is 11.4 Å². The van der Waals surface area contributed by atoms with Crippen molar-refractivity contribution in [3.05, 3.63) is 75.7 Å². The first-order chi connectivity index (χ1) is 13.6. The second kappa shape index (κ2) is 7.24. The van der Waals surface area contributed by atoms with Gasteiger partial charge in [-0.1, -0.05) is 12.1 Å². The molecule has 7 nitrogen and oxygen atoms in total. The van der Waals surface area contributed by atoms with Gasteiger partial charge in [-0.3, -0.25) is 14.9 Å². The summed E-state index contributed by atoms with van der Waals surface area (Å²) in [6, 6.07) is 17.4. The van der Waals surface area contributed by atoms with Crippen LogP contribution >= 0.6 is 11.3 Å². The fourth-order valence-corrected chi connectivity index (χ4v) is 3.92. The minimum absolute atomic E-state index is 0.0186. The summed E-state index contributed by atoms with van der Waals surface area (Å²) in [5, 5.41) is 13.5. The van der Waals surface area contributed by atoms with Crippen molar-refractivity contribution >= 4 is 39.7 Å². The van der Waals surface area contributed by atoms with Crippen LogP contribution in [0.3, 0.4) is 0 Å². The first kappa shape index (κ1) is 17.9. The summed E-state index contributed by atoms with van der Waals surface area (Å²) in [5.41, 5.74) is 2.47. The Morgan fingerprint density at radius 1 is 1.14 bits per heavy atom. The zero-order chi connectivity index (χ0) is 19.7. The Balaban J connectivity index is 1.59. The Hall–Kier alpha value is -3.52. The molecule has 4 rings (SSSR count). The molecule has 0 unspecified atom stereocenters. The maximum absolute atomic E-state index is 12.5. The molecular formula is C20H16N4O3S. The van der Waals surface area contributed by atoms with Gasteiger partial charge in [-0.2, -0.15) is 0 Å². The van der Waals surface area contributed by atoms with E-state index in [1.165, 1.54) is 35.6 Å². The lowest BCUT2D eigenvalue weighted by Gasteiger charge is -2.04. The number of para-hydroxylation sites is 2. The largest absolute Gasteiger partial charge is 0.324 e. The summed E-state index contributed by atoms with van der Waals surface area (Å²) < 4.78 is 2.12. The third kappa shape index (κ3) is 3.25. The van der Waals surface area contributed by atoms with Crippen LogP contribution in [0.5, 0.6) is 0 Å². The van der Waals surface area contributed by atoms with Crippen molar-refractivity contribution in [1.29, 1.82) is 0 Å². The molecule has 1 N–H and O–H groups in total. The molecule has 0 radical (unpaired) electrons. The van der Waals surface area contributed by atoms with Gasteiger partial charge in [0, 0.05) is 24.4 Å². The number of nitrogens with one attached hydrogen (secondary N) is 1. The van der Waals surface area contributed by atoms with E-state index >= 15 is 0 Å². The van der Waals surface area contributed by atoms with E-state index in [2.05, 4.69) is 16.8 Å². The number of thiophene rings is 1. The average molecular weight is 392 g/mol. The molecule has 140 valence electrons. The summed E-state index contributed by atoms with van der Waals surface area (Å²) in [7, 11) is 0. The number of hydrogen-bond acceptors (Lipinski definition) is 5. The molecule has 0 saturated heterocycles. The van der Waals surface area contributed by atoms with Gasteiger partial charge < -0.3 is 9.88 Å². The quantitative estimate of drug-likeness (QED) is 0.384. The third-order valence-corrected chi connectivity index (χ3v) is 5.44. The number of fused-ring (bicyclic) bond motifs is 1. The number of carbonyl (C=O) groups excluding carboxylic acids is 1. The Labute approximate surface area is 164 Å². The molecule has 0 atom stereocenters. The third-order valence-electron chi connectivity index (χ3n) is 4.36. The number of amides is 1. The number of nitro groups is 1. The summed E-state index contributed by atoms with van der Waals surface area (Å²) in [4.78, 5) is 29.0.